The van der Waals surface area contributed by atoms with Crippen LogP contribution in [0.5, 0.6) is 0 Å². The second kappa shape index (κ2) is 7.19. The third-order valence-corrected chi connectivity index (χ3v) is 3.97. The molecule has 3 rings (SSSR count). The lowest BCUT2D eigenvalue weighted by Gasteiger charge is -2.34. The first kappa shape index (κ1) is 15.4. The van der Waals surface area contributed by atoms with Crippen LogP contribution in [0.1, 0.15) is 11.4 Å². The number of piperazine rings is 1. The van der Waals surface area contributed by atoms with E-state index in [1.807, 2.05) is 30.5 Å². The number of nitrogens with two attached hydrogens (primary N) is 1. The van der Waals surface area contributed by atoms with E-state index in [0.717, 1.165) is 44.2 Å². The van der Waals surface area contributed by atoms with Crippen LogP contribution in [0.2, 0.25) is 0 Å². The highest BCUT2D eigenvalue weighted by atomic mass is 16.1. The van der Waals surface area contributed by atoms with Crippen LogP contribution in [-0.2, 0) is 11.2 Å². The summed E-state index contributed by atoms with van der Waals surface area (Å²) in [6.45, 7) is 3.66. The van der Waals surface area contributed by atoms with E-state index in [1.54, 1.807) is 0 Å². The molecule has 0 saturated carbocycles. The highest BCUT2D eigenvalue weighted by Crippen LogP contribution is 2.14. The summed E-state index contributed by atoms with van der Waals surface area (Å²) in [7, 11) is 0. The number of benzene rings is 1. The van der Waals surface area contributed by atoms with Crippen molar-refractivity contribution in [3.05, 3.63) is 54.0 Å². The summed E-state index contributed by atoms with van der Waals surface area (Å²) in [5.74, 6) is 1.50. The molecule has 120 valence electrons. The fourth-order valence-electron chi connectivity index (χ4n) is 2.78. The molecule has 1 aromatic carbocycles. The first-order valence-electron chi connectivity index (χ1n) is 7.82. The number of nitrogens with zero attached hydrogens (tertiary/aromatic N) is 4. The number of aromatic nitrogens is 2. The van der Waals surface area contributed by atoms with E-state index < -0.39 is 0 Å². The molecule has 6 nitrogen and oxygen atoms in total. The molecule has 0 bridgehead atoms. The Hall–Kier alpha value is -2.47. The van der Waals surface area contributed by atoms with Crippen molar-refractivity contribution in [2.75, 3.05) is 37.6 Å². The van der Waals surface area contributed by atoms with Crippen molar-refractivity contribution >= 4 is 11.7 Å². The Labute approximate surface area is 135 Å². The molecule has 2 heterocycles. The Balaban J connectivity index is 1.63. The van der Waals surface area contributed by atoms with Crippen LogP contribution in [0.3, 0.4) is 0 Å². The van der Waals surface area contributed by atoms with E-state index in [0.29, 0.717) is 6.54 Å². The smallest absolute Gasteiger partial charge is 0.231 e. The number of anilines is 1. The molecule has 1 fully saturated rings. The first-order valence-corrected chi connectivity index (χ1v) is 7.82. The van der Waals surface area contributed by atoms with E-state index in [-0.39, 0.29) is 5.91 Å². The van der Waals surface area contributed by atoms with Gasteiger partial charge in [0.05, 0.1) is 6.54 Å². The predicted molar refractivity (Wildman–Crippen MR) is 89.1 cm³/mol. The minimum Gasteiger partial charge on any atom is -0.369 e. The summed E-state index contributed by atoms with van der Waals surface area (Å²) in [6, 6.07) is 12.2. The van der Waals surface area contributed by atoms with Crippen LogP contribution in [0.15, 0.2) is 42.6 Å². The first-order chi connectivity index (χ1) is 11.2. The van der Waals surface area contributed by atoms with Gasteiger partial charge in [0.1, 0.15) is 11.6 Å². The van der Waals surface area contributed by atoms with E-state index in [4.69, 9.17) is 5.73 Å². The number of hydrogen-bond acceptors (Lipinski definition) is 5. The van der Waals surface area contributed by atoms with E-state index in [1.165, 1.54) is 5.56 Å². The predicted octanol–water partition coefficient (Wildman–Crippen LogP) is 0.675. The number of amides is 1. The van der Waals surface area contributed by atoms with E-state index >= 15 is 0 Å². The zero-order valence-electron chi connectivity index (χ0n) is 13.1. The van der Waals surface area contributed by atoms with Crippen LogP contribution in [0.25, 0.3) is 0 Å². The van der Waals surface area contributed by atoms with Crippen LogP contribution in [0.4, 0.5) is 5.82 Å². The Morgan fingerprint density at radius 3 is 2.52 bits per heavy atom. The molecule has 1 aromatic heterocycles. The molecule has 1 aliphatic heterocycles. The summed E-state index contributed by atoms with van der Waals surface area (Å²) in [5.41, 5.74) is 6.45. The third-order valence-electron chi connectivity index (χ3n) is 3.97. The van der Waals surface area contributed by atoms with Crippen LogP contribution in [-0.4, -0.2) is 53.5 Å². The fourth-order valence-corrected chi connectivity index (χ4v) is 2.78. The number of rotatable bonds is 5. The minimum atomic E-state index is -0.273. The molecular weight excluding hydrogens is 290 g/mol. The molecule has 2 N–H and O–H groups in total. The minimum absolute atomic E-state index is 0.273. The van der Waals surface area contributed by atoms with Gasteiger partial charge in [-0.05, 0) is 11.6 Å². The van der Waals surface area contributed by atoms with Crippen molar-refractivity contribution in [3.8, 4) is 0 Å². The van der Waals surface area contributed by atoms with Gasteiger partial charge in [0.15, 0.2) is 0 Å². The molecule has 1 aliphatic rings. The molecule has 23 heavy (non-hydrogen) atoms. The maximum atomic E-state index is 11.0. The summed E-state index contributed by atoms with van der Waals surface area (Å²) >= 11 is 0. The maximum absolute atomic E-state index is 11.0. The van der Waals surface area contributed by atoms with Gasteiger partial charge < -0.3 is 10.6 Å². The Morgan fingerprint density at radius 2 is 1.83 bits per heavy atom. The summed E-state index contributed by atoms with van der Waals surface area (Å²) in [5, 5.41) is 0. The third kappa shape index (κ3) is 4.26. The van der Waals surface area contributed by atoms with Gasteiger partial charge in [-0.1, -0.05) is 30.3 Å². The molecule has 1 amide bonds. The van der Waals surface area contributed by atoms with Crippen molar-refractivity contribution in [2.45, 2.75) is 6.42 Å². The fraction of sp³-hybridized carbons (Fsp3) is 0.353. The quantitative estimate of drug-likeness (QED) is 0.878. The topological polar surface area (TPSA) is 75.4 Å². The molecule has 0 aliphatic carbocycles. The monoisotopic (exact) mass is 311 g/mol. The molecule has 1 saturated heterocycles. The van der Waals surface area contributed by atoms with Gasteiger partial charge >= 0.3 is 0 Å². The van der Waals surface area contributed by atoms with Crippen molar-refractivity contribution in [1.29, 1.82) is 0 Å². The number of primary amides is 1. The van der Waals surface area contributed by atoms with Gasteiger partial charge in [-0.15, -0.1) is 0 Å². The van der Waals surface area contributed by atoms with Crippen LogP contribution < -0.4 is 10.6 Å². The number of hydrogen-bond donors (Lipinski definition) is 1. The molecule has 6 heteroatoms. The Bertz CT molecular complexity index is 653. The SMILES string of the molecule is NC(=O)CN1CCN(c2ccnc(Cc3ccccc3)n2)CC1. The summed E-state index contributed by atoms with van der Waals surface area (Å²) in [6.07, 6.45) is 2.55. The molecule has 0 atom stereocenters. The van der Waals surface area contributed by atoms with Crippen LogP contribution in [0, 0.1) is 0 Å². The lowest BCUT2D eigenvalue weighted by molar-refractivity contribution is -0.119. The lowest BCUT2D eigenvalue weighted by atomic mass is 10.1. The standard InChI is InChI=1S/C17H21N5O/c18-15(23)13-21-8-10-22(11-9-21)17-6-7-19-16(20-17)12-14-4-2-1-3-5-14/h1-7H,8-13H2,(H2,18,23). The zero-order valence-corrected chi connectivity index (χ0v) is 13.1. The molecular formula is C17H21N5O. The maximum Gasteiger partial charge on any atom is 0.231 e. The molecule has 2 aromatic rings. The van der Waals surface area contributed by atoms with E-state index in [2.05, 4.69) is 31.9 Å². The average molecular weight is 311 g/mol. The normalized spacial score (nSPS) is 15.6. The molecule has 0 spiro atoms. The van der Waals surface area contributed by atoms with Gasteiger partial charge in [-0.2, -0.15) is 0 Å². The summed E-state index contributed by atoms with van der Waals surface area (Å²) in [4.78, 5) is 24.3. The Morgan fingerprint density at radius 1 is 1.09 bits per heavy atom. The zero-order chi connectivity index (χ0) is 16.1. The number of carbonyl (C=O) groups excluding carboxylic acids is 1. The highest BCUT2D eigenvalue weighted by Gasteiger charge is 2.19. The van der Waals surface area contributed by atoms with Gasteiger partial charge in [-0.25, -0.2) is 9.97 Å². The second-order valence-electron chi connectivity index (χ2n) is 5.72. The van der Waals surface area contributed by atoms with Crippen LogP contribution >= 0.6 is 0 Å². The van der Waals surface area contributed by atoms with E-state index in [9.17, 15) is 4.79 Å². The molecule has 0 radical (unpaired) electrons. The van der Waals surface area contributed by atoms with Crippen molar-refractivity contribution in [3.63, 3.8) is 0 Å². The van der Waals surface area contributed by atoms with Gasteiger partial charge in [0.25, 0.3) is 0 Å². The van der Waals surface area contributed by atoms with Gasteiger partial charge in [0, 0.05) is 38.8 Å². The summed E-state index contributed by atoms with van der Waals surface area (Å²) < 4.78 is 0. The average Bonchev–Trinajstić information content (AvgIpc) is 2.56. The lowest BCUT2D eigenvalue weighted by Crippen LogP contribution is -2.49. The van der Waals surface area contributed by atoms with Gasteiger partial charge in [-0.3, -0.25) is 9.69 Å². The second-order valence-corrected chi connectivity index (χ2v) is 5.72. The van der Waals surface area contributed by atoms with Crippen molar-refractivity contribution in [2.24, 2.45) is 5.73 Å². The Kier molecular flexibility index (Phi) is 4.83. The largest absolute Gasteiger partial charge is 0.369 e. The molecule has 0 unspecified atom stereocenters. The number of carbonyl (C=O) groups is 1. The van der Waals surface area contributed by atoms with Crippen molar-refractivity contribution < 1.29 is 4.79 Å². The van der Waals surface area contributed by atoms with Gasteiger partial charge in [0.2, 0.25) is 5.91 Å². The highest BCUT2D eigenvalue weighted by molar-refractivity contribution is 5.75. The van der Waals surface area contributed by atoms with Crippen molar-refractivity contribution in [1.82, 2.24) is 14.9 Å².